The Bertz CT molecular complexity index is 640. The van der Waals surface area contributed by atoms with E-state index >= 15 is 0 Å². The number of methoxy groups -OCH3 is 1. The molecule has 2 N–H and O–H groups in total. The molecule has 0 saturated heterocycles. The van der Waals surface area contributed by atoms with Gasteiger partial charge in [-0.05, 0) is 18.1 Å². The molecule has 0 atom stereocenters. The molecule has 0 aliphatic carbocycles. The number of rotatable bonds is 7. The lowest BCUT2D eigenvalue weighted by Crippen LogP contribution is -2.21. The fourth-order valence-corrected chi connectivity index (χ4v) is 2.04. The molecule has 0 amide bonds. The number of hydrogen-bond acceptors (Lipinski definition) is 5. The zero-order valence-electron chi connectivity index (χ0n) is 12.3. The smallest absolute Gasteiger partial charge is 0.251 e. The van der Waals surface area contributed by atoms with E-state index < -0.39 is 0 Å². The first-order valence-electron chi connectivity index (χ1n) is 6.98. The van der Waals surface area contributed by atoms with Gasteiger partial charge in [-0.3, -0.25) is 9.78 Å². The van der Waals surface area contributed by atoms with Crippen molar-refractivity contribution < 1.29 is 4.74 Å². The van der Waals surface area contributed by atoms with Crippen LogP contribution in [-0.2, 0) is 17.7 Å². The van der Waals surface area contributed by atoms with Crippen LogP contribution < -0.4 is 10.9 Å². The van der Waals surface area contributed by atoms with Gasteiger partial charge in [0, 0.05) is 32.5 Å². The predicted molar refractivity (Wildman–Crippen MR) is 81.0 cm³/mol. The fourth-order valence-electron chi connectivity index (χ4n) is 2.04. The molecule has 21 heavy (non-hydrogen) atoms. The van der Waals surface area contributed by atoms with Crippen LogP contribution in [0.3, 0.4) is 0 Å². The number of nitrogens with zero attached hydrogens (tertiary/aromatic N) is 2. The van der Waals surface area contributed by atoms with Crippen molar-refractivity contribution in [3.05, 3.63) is 46.0 Å². The molecule has 2 heterocycles. The SMILES string of the molecule is CCc1cccnc1-c1nc(CNCCOC)cc(=O)[nH]1. The minimum absolute atomic E-state index is 0.170. The lowest BCUT2D eigenvalue weighted by atomic mass is 10.1. The van der Waals surface area contributed by atoms with Gasteiger partial charge >= 0.3 is 0 Å². The average molecular weight is 288 g/mol. The summed E-state index contributed by atoms with van der Waals surface area (Å²) < 4.78 is 4.97. The van der Waals surface area contributed by atoms with Crippen molar-refractivity contribution in [1.82, 2.24) is 20.3 Å². The summed E-state index contributed by atoms with van der Waals surface area (Å²) in [7, 11) is 1.65. The van der Waals surface area contributed by atoms with E-state index in [-0.39, 0.29) is 5.56 Å². The van der Waals surface area contributed by atoms with Crippen molar-refractivity contribution in [3.8, 4) is 11.5 Å². The third kappa shape index (κ3) is 4.21. The predicted octanol–water partition coefficient (Wildman–Crippen LogP) is 1.13. The quantitative estimate of drug-likeness (QED) is 0.747. The Kier molecular flexibility index (Phi) is 5.59. The van der Waals surface area contributed by atoms with Crippen molar-refractivity contribution in [1.29, 1.82) is 0 Å². The second-order valence-corrected chi connectivity index (χ2v) is 4.62. The summed E-state index contributed by atoms with van der Waals surface area (Å²) in [6, 6.07) is 5.38. The van der Waals surface area contributed by atoms with Crippen LogP contribution in [0, 0.1) is 0 Å². The number of ether oxygens (including phenoxy) is 1. The number of nitrogens with one attached hydrogen (secondary N) is 2. The first-order valence-corrected chi connectivity index (χ1v) is 6.98. The van der Waals surface area contributed by atoms with E-state index in [4.69, 9.17) is 4.74 Å². The van der Waals surface area contributed by atoms with Gasteiger partial charge < -0.3 is 15.0 Å². The van der Waals surface area contributed by atoms with Crippen LogP contribution >= 0.6 is 0 Å². The first-order chi connectivity index (χ1) is 10.2. The Morgan fingerprint density at radius 3 is 3.05 bits per heavy atom. The number of aryl methyl sites for hydroxylation is 1. The van der Waals surface area contributed by atoms with Crippen molar-refractivity contribution in [2.24, 2.45) is 0 Å². The number of aromatic amines is 1. The Morgan fingerprint density at radius 2 is 2.29 bits per heavy atom. The van der Waals surface area contributed by atoms with Crippen molar-refractivity contribution in [2.45, 2.75) is 19.9 Å². The molecule has 0 radical (unpaired) electrons. The average Bonchev–Trinajstić information content (AvgIpc) is 2.51. The van der Waals surface area contributed by atoms with Crippen LogP contribution in [0.1, 0.15) is 18.2 Å². The summed E-state index contributed by atoms with van der Waals surface area (Å²) in [5.41, 5.74) is 2.31. The van der Waals surface area contributed by atoms with Gasteiger partial charge in [-0.25, -0.2) is 4.98 Å². The van der Waals surface area contributed by atoms with Crippen molar-refractivity contribution in [2.75, 3.05) is 20.3 Å². The Hall–Kier alpha value is -2.05. The molecule has 0 unspecified atom stereocenters. The van der Waals surface area contributed by atoms with Crippen LogP contribution in [0.2, 0.25) is 0 Å². The van der Waals surface area contributed by atoms with Gasteiger partial charge in [0.1, 0.15) is 5.69 Å². The second kappa shape index (κ2) is 7.66. The molecule has 0 fully saturated rings. The lowest BCUT2D eigenvalue weighted by molar-refractivity contribution is 0.199. The van der Waals surface area contributed by atoms with Crippen LogP contribution in [0.15, 0.2) is 29.2 Å². The Balaban J connectivity index is 2.24. The van der Waals surface area contributed by atoms with Gasteiger partial charge in [-0.15, -0.1) is 0 Å². The molecular formula is C15H20N4O2. The molecule has 6 nitrogen and oxygen atoms in total. The summed E-state index contributed by atoms with van der Waals surface area (Å²) in [5.74, 6) is 0.517. The lowest BCUT2D eigenvalue weighted by Gasteiger charge is -2.08. The molecule has 2 rings (SSSR count). The monoisotopic (exact) mass is 288 g/mol. The summed E-state index contributed by atoms with van der Waals surface area (Å²) in [5, 5.41) is 3.18. The normalized spacial score (nSPS) is 10.8. The van der Waals surface area contributed by atoms with E-state index in [9.17, 15) is 4.79 Å². The molecule has 6 heteroatoms. The summed E-state index contributed by atoms with van der Waals surface area (Å²) >= 11 is 0. The van der Waals surface area contributed by atoms with Crippen molar-refractivity contribution in [3.63, 3.8) is 0 Å². The third-order valence-corrected chi connectivity index (χ3v) is 3.08. The Labute approximate surface area is 123 Å². The van der Waals surface area contributed by atoms with Crippen LogP contribution in [-0.4, -0.2) is 35.2 Å². The molecule has 0 aliphatic rings. The molecular weight excluding hydrogens is 268 g/mol. The molecule has 112 valence electrons. The van der Waals surface area contributed by atoms with Gasteiger partial charge in [-0.2, -0.15) is 0 Å². The Morgan fingerprint density at radius 1 is 1.43 bits per heavy atom. The van der Waals surface area contributed by atoms with Gasteiger partial charge in [-0.1, -0.05) is 13.0 Å². The fraction of sp³-hybridized carbons (Fsp3) is 0.400. The molecule has 0 bridgehead atoms. The third-order valence-electron chi connectivity index (χ3n) is 3.08. The van der Waals surface area contributed by atoms with Gasteiger partial charge in [0.25, 0.3) is 5.56 Å². The topological polar surface area (TPSA) is 79.9 Å². The molecule has 0 aromatic carbocycles. The minimum Gasteiger partial charge on any atom is -0.383 e. The number of aromatic nitrogens is 3. The highest BCUT2D eigenvalue weighted by molar-refractivity contribution is 5.54. The number of pyridine rings is 1. The van der Waals surface area contributed by atoms with E-state index in [2.05, 4.69) is 27.2 Å². The number of H-pyrrole nitrogens is 1. The van der Waals surface area contributed by atoms with Gasteiger partial charge in [0.15, 0.2) is 5.82 Å². The van der Waals surface area contributed by atoms with Crippen LogP contribution in [0.25, 0.3) is 11.5 Å². The van der Waals surface area contributed by atoms with Crippen LogP contribution in [0.4, 0.5) is 0 Å². The van der Waals surface area contributed by atoms with E-state index in [0.717, 1.165) is 17.7 Å². The first kappa shape index (κ1) is 15.3. The molecule has 0 saturated carbocycles. The maximum atomic E-state index is 11.8. The largest absolute Gasteiger partial charge is 0.383 e. The molecule has 0 spiro atoms. The van der Waals surface area contributed by atoms with E-state index in [0.29, 0.717) is 31.2 Å². The van der Waals surface area contributed by atoms with Crippen molar-refractivity contribution >= 4 is 0 Å². The maximum absolute atomic E-state index is 11.8. The van der Waals surface area contributed by atoms with E-state index in [1.165, 1.54) is 6.07 Å². The second-order valence-electron chi connectivity index (χ2n) is 4.62. The molecule has 2 aromatic heterocycles. The standard InChI is InChI=1S/C15H20N4O2/c1-3-11-5-4-6-17-14(11)15-18-12(9-13(20)19-15)10-16-7-8-21-2/h4-6,9,16H,3,7-8,10H2,1-2H3,(H,18,19,20). The van der Waals surface area contributed by atoms with Gasteiger partial charge in [0.05, 0.1) is 12.3 Å². The summed E-state index contributed by atoms with van der Waals surface area (Å²) in [6.45, 7) is 3.91. The minimum atomic E-state index is -0.170. The summed E-state index contributed by atoms with van der Waals surface area (Å²) in [4.78, 5) is 23.4. The van der Waals surface area contributed by atoms with E-state index in [1.807, 2.05) is 12.1 Å². The number of hydrogen-bond donors (Lipinski definition) is 2. The molecule has 0 aliphatic heterocycles. The van der Waals surface area contributed by atoms with Crippen LogP contribution in [0.5, 0.6) is 0 Å². The zero-order chi connectivity index (χ0) is 15.1. The van der Waals surface area contributed by atoms with E-state index in [1.54, 1.807) is 13.3 Å². The zero-order valence-corrected chi connectivity index (χ0v) is 12.3. The summed E-state index contributed by atoms with van der Waals surface area (Å²) in [6.07, 6.45) is 2.54. The highest BCUT2D eigenvalue weighted by Gasteiger charge is 2.09. The highest BCUT2D eigenvalue weighted by atomic mass is 16.5. The molecule has 2 aromatic rings. The van der Waals surface area contributed by atoms with Gasteiger partial charge in [0.2, 0.25) is 0 Å². The highest BCUT2D eigenvalue weighted by Crippen LogP contribution is 2.16. The maximum Gasteiger partial charge on any atom is 0.251 e.